The Kier molecular flexibility index (Phi) is 4.77. The lowest BCUT2D eigenvalue weighted by Gasteiger charge is -2.42. The molecule has 2 nitrogen and oxygen atoms in total. The normalized spacial score (nSPS) is 20.6. The van der Waals surface area contributed by atoms with Gasteiger partial charge in [0, 0.05) is 5.92 Å². The number of ketones is 1. The van der Waals surface area contributed by atoms with Gasteiger partial charge in [-0.05, 0) is 33.1 Å². The van der Waals surface area contributed by atoms with Gasteiger partial charge in [0.2, 0.25) is 0 Å². The maximum Gasteiger partial charge on any atom is 0.167 e. The Morgan fingerprint density at radius 1 is 1.24 bits per heavy atom. The zero-order valence-electron chi connectivity index (χ0n) is 12.1. The summed E-state index contributed by atoms with van der Waals surface area (Å²) in [4.78, 5) is 12.5. The second-order valence-electron chi connectivity index (χ2n) is 6.29. The van der Waals surface area contributed by atoms with Crippen molar-refractivity contribution in [3.05, 3.63) is 0 Å². The molecule has 0 aromatic rings. The highest BCUT2D eigenvalue weighted by Gasteiger charge is 2.44. The predicted molar refractivity (Wildman–Crippen MR) is 71.1 cm³/mol. The van der Waals surface area contributed by atoms with Crippen LogP contribution in [0.2, 0.25) is 0 Å². The van der Waals surface area contributed by atoms with E-state index in [1.165, 1.54) is 6.42 Å². The van der Waals surface area contributed by atoms with Crippen molar-refractivity contribution in [3.8, 4) is 0 Å². The first-order valence-corrected chi connectivity index (χ1v) is 7.07. The minimum Gasteiger partial charge on any atom is -0.361 e. The summed E-state index contributed by atoms with van der Waals surface area (Å²) in [7, 11) is 0. The maximum absolute atomic E-state index is 12.5. The van der Waals surface area contributed by atoms with E-state index < -0.39 is 5.60 Å². The van der Waals surface area contributed by atoms with Crippen LogP contribution in [0.5, 0.6) is 0 Å². The van der Waals surface area contributed by atoms with Crippen molar-refractivity contribution in [2.45, 2.75) is 84.3 Å². The summed E-state index contributed by atoms with van der Waals surface area (Å²) >= 11 is 0. The zero-order valence-corrected chi connectivity index (χ0v) is 12.1. The topological polar surface area (TPSA) is 26.3 Å². The van der Waals surface area contributed by atoms with E-state index in [2.05, 4.69) is 20.8 Å². The molecule has 1 aliphatic rings. The van der Waals surface area contributed by atoms with Crippen LogP contribution in [0.15, 0.2) is 0 Å². The molecular formula is C15H28O2. The lowest BCUT2D eigenvalue weighted by atomic mass is 9.77. The Morgan fingerprint density at radius 2 is 1.76 bits per heavy atom. The molecule has 1 saturated carbocycles. The van der Waals surface area contributed by atoms with Gasteiger partial charge >= 0.3 is 0 Å². The molecule has 0 amide bonds. The van der Waals surface area contributed by atoms with Crippen LogP contribution in [0.25, 0.3) is 0 Å². The molecule has 1 rings (SSSR count). The Bertz CT molecular complexity index is 260. The summed E-state index contributed by atoms with van der Waals surface area (Å²) in [6.07, 6.45) is 6.25. The zero-order chi connectivity index (χ0) is 13.1. The molecule has 2 heteroatoms. The van der Waals surface area contributed by atoms with Crippen LogP contribution in [-0.4, -0.2) is 17.0 Å². The first-order chi connectivity index (χ1) is 7.83. The van der Waals surface area contributed by atoms with Gasteiger partial charge in [-0.1, -0.05) is 40.0 Å². The molecule has 0 bridgehead atoms. The molecule has 0 unspecified atom stereocenters. The van der Waals surface area contributed by atoms with E-state index in [1.54, 1.807) is 0 Å². The second-order valence-corrected chi connectivity index (χ2v) is 6.29. The fourth-order valence-corrected chi connectivity index (χ4v) is 2.65. The molecular weight excluding hydrogens is 212 g/mol. The van der Waals surface area contributed by atoms with Gasteiger partial charge in [0.05, 0.1) is 5.60 Å². The van der Waals surface area contributed by atoms with Gasteiger partial charge in [0.1, 0.15) is 5.60 Å². The second kappa shape index (κ2) is 5.51. The largest absolute Gasteiger partial charge is 0.361 e. The van der Waals surface area contributed by atoms with E-state index in [-0.39, 0.29) is 11.5 Å². The summed E-state index contributed by atoms with van der Waals surface area (Å²) in [5.74, 6) is 0.375. The average molecular weight is 240 g/mol. The number of hydrogen-bond acceptors (Lipinski definition) is 2. The van der Waals surface area contributed by atoms with E-state index in [1.807, 2.05) is 13.8 Å². The van der Waals surface area contributed by atoms with Crippen LogP contribution in [0.3, 0.4) is 0 Å². The minimum absolute atomic E-state index is 0.0701. The van der Waals surface area contributed by atoms with Gasteiger partial charge in [0.25, 0.3) is 0 Å². The van der Waals surface area contributed by atoms with E-state index in [0.29, 0.717) is 5.78 Å². The SMILES string of the molecule is CCC(C)(C)OC1(C(=O)C(C)C)CCCCC1. The van der Waals surface area contributed by atoms with Gasteiger partial charge in [-0.25, -0.2) is 0 Å². The highest BCUT2D eigenvalue weighted by atomic mass is 16.5. The Labute approximate surface area is 106 Å². The van der Waals surface area contributed by atoms with Crippen LogP contribution in [-0.2, 0) is 9.53 Å². The van der Waals surface area contributed by atoms with E-state index in [9.17, 15) is 4.79 Å². The average Bonchev–Trinajstić information content (AvgIpc) is 2.28. The molecule has 0 N–H and O–H groups in total. The van der Waals surface area contributed by atoms with Gasteiger partial charge in [-0.3, -0.25) is 4.79 Å². The molecule has 0 aromatic carbocycles. The highest BCUT2D eigenvalue weighted by molar-refractivity contribution is 5.89. The van der Waals surface area contributed by atoms with E-state index in [0.717, 1.165) is 32.1 Å². The van der Waals surface area contributed by atoms with Gasteiger partial charge in [0.15, 0.2) is 5.78 Å². The van der Waals surface area contributed by atoms with Crippen molar-refractivity contribution in [1.29, 1.82) is 0 Å². The minimum atomic E-state index is -0.494. The Morgan fingerprint density at radius 3 is 2.18 bits per heavy atom. The predicted octanol–water partition coefficient (Wildman–Crippen LogP) is 4.12. The fraction of sp³-hybridized carbons (Fsp3) is 0.933. The smallest absolute Gasteiger partial charge is 0.167 e. The van der Waals surface area contributed by atoms with E-state index >= 15 is 0 Å². The molecule has 0 saturated heterocycles. The standard InChI is InChI=1S/C15H28O2/c1-6-14(4,5)17-15(13(16)12(2)3)10-8-7-9-11-15/h12H,6-11H2,1-5H3. The number of carbonyl (C=O) groups excluding carboxylic acids is 1. The molecule has 0 aliphatic heterocycles. The van der Waals surface area contributed by atoms with Crippen LogP contribution in [0, 0.1) is 5.92 Å². The third-order valence-electron chi connectivity index (χ3n) is 3.96. The van der Waals surface area contributed by atoms with Gasteiger partial charge < -0.3 is 4.74 Å². The molecule has 0 heterocycles. The fourth-order valence-electron chi connectivity index (χ4n) is 2.65. The third-order valence-corrected chi connectivity index (χ3v) is 3.96. The number of ether oxygens (including phenoxy) is 1. The molecule has 0 spiro atoms. The Balaban J connectivity index is 2.89. The summed E-state index contributed by atoms with van der Waals surface area (Å²) in [6, 6.07) is 0. The molecule has 0 aromatic heterocycles. The monoisotopic (exact) mass is 240 g/mol. The van der Waals surface area contributed by atoms with Gasteiger partial charge in [-0.15, -0.1) is 0 Å². The molecule has 0 atom stereocenters. The number of rotatable bonds is 5. The summed E-state index contributed by atoms with van der Waals surface area (Å²) in [5, 5.41) is 0. The van der Waals surface area contributed by atoms with Crippen molar-refractivity contribution < 1.29 is 9.53 Å². The highest BCUT2D eigenvalue weighted by Crippen LogP contribution is 2.38. The molecule has 1 aliphatic carbocycles. The van der Waals surface area contributed by atoms with Crippen LogP contribution in [0.4, 0.5) is 0 Å². The molecule has 0 radical (unpaired) electrons. The van der Waals surface area contributed by atoms with Crippen molar-refractivity contribution in [3.63, 3.8) is 0 Å². The summed E-state index contributed by atoms with van der Waals surface area (Å²) in [5.41, 5.74) is -0.687. The number of Topliss-reactive ketones (excluding diaryl/α,β-unsaturated/α-hetero) is 1. The van der Waals surface area contributed by atoms with E-state index in [4.69, 9.17) is 4.74 Å². The Hall–Kier alpha value is -0.370. The third kappa shape index (κ3) is 3.54. The first kappa shape index (κ1) is 14.7. The van der Waals surface area contributed by atoms with Crippen molar-refractivity contribution >= 4 is 5.78 Å². The van der Waals surface area contributed by atoms with Crippen LogP contribution >= 0.6 is 0 Å². The van der Waals surface area contributed by atoms with Crippen molar-refractivity contribution in [2.75, 3.05) is 0 Å². The maximum atomic E-state index is 12.5. The lowest BCUT2D eigenvalue weighted by molar-refractivity contribution is -0.180. The molecule has 1 fully saturated rings. The number of hydrogen-bond donors (Lipinski definition) is 0. The lowest BCUT2D eigenvalue weighted by Crippen LogP contribution is -2.50. The quantitative estimate of drug-likeness (QED) is 0.722. The van der Waals surface area contributed by atoms with Crippen molar-refractivity contribution in [1.82, 2.24) is 0 Å². The van der Waals surface area contributed by atoms with Gasteiger partial charge in [-0.2, -0.15) is 0 Å². The van der Waals surface area contributed by atoms with Crippen LogP contribution in [0.1, 0.15) is 73.1 Å². The van der Waals surface area contributed by atoms with Crippen molar-refractivity contribution in [2.24, 2.45) is 5.92 Å². The first-order valence-electron chi connectivity index (χ1n) is 7.07. The number of carbonyl (C=O) groups is 1. The van der Waals surface area contributed by atoms with Crippen LogP contribution < -0.4 is 0 Å². The molecule has 100 valence electrons. The molecule has 17 heavy (non-hydrogen) atoms. The summed E-state index contributed by atoms with van der Waals surface area (Å²) in [6.45, 7) is 10.3. The summed E-state index contributed by atoms with van der Waals surface area (Å²) < 4.78 is 6.29.